The number of esters is 1. The molecule has 1 atom stereocenters. The maximum absolute atomic E-state index is 13.2. The Morgan fingerprint density at radius 2 is 1.48 bits per heavy atom. The third kappa shape index (κ3) is 13.1. The number of phenolic OH excluding ortho intramolecular Hbond substituents is 1. The van der Waals surface area contributed by atoms with Gasteiger partial charge in [0.15, 0.2) is 0 Å². The number of anilines is 1. The number of methoxy groups -OCH3 is 1. The molecule has 56 heavy (non-hydrogen) atoms. The second-order valence-electron chi connectivity index (χ2n) is 13.3. The Labute approximate surface area is 338 Å². The predicted octanol–water partition coefficient (Wildman–Crippen LogP) is 7.34. The number of amides is 4. The zero-order valence-electron chi connectivity index (χ0n) is 31.0. The molecule has 0 aliphatic rings. The summed E-state index contributed by atoms with van der Waals surface area (Å²) in [5, 5.41) is 20.5. The molecule has 0 fully saturated rings. The zero-order valence-corrected chi connectivity index (χ0v) is 33.2. The number of aromatic hydroxyl groups is 1. The highest BCUT2D eigenvalue weighted by Crippen LogP contribution is 2.31. The Hall–Kier alpha value is -5.50. The predicted molar refractivity (Wildman–Crippen MR) is 213 cm³/mol. The van der Waals surface area contributed by atoms with E-state index in [0.29, 0.717) is 35.5 Å². The first-order chi connectivity index (χ1) is 26.5. The van der Waals surface area contributed by atoms with Crippen LogP contribution in [-0.2, 0) is 27.2 Å². The molecule has 5 N–H and O–H groups in total. The summed E-state index contributed by atoms with van der Waals surface area (Å²) in [5.74, 6) is -1.97. The van der Waals surface area contributed by atoms with Crippen molar-refractivity contribution in [2.75, 3.05) is 25.6 Å². The fraction of sp³-hybridized carbons (Fsp3) is 0.275. The van der Waals surface area contributed by atoms with Gasteiger partial charge in [-0.25, -0.2) is 9.59 Å². The Kier molecular flexibility index (Phi) is 15.4. The van der Waals surface area contributed by atoms with Crippen molar-refractivity contribution >= 4 is 70.3 Å². The Bertz CT molecular complexity index is 2050. The van der Waals surface area contributed by atoms with Crippen LogP contribution in [0, 0.1) is 0 Å². The number of ether oxygens (including phenoxy) is 3. The molecule has 0 bridgehead atoms. The molecule has 296 valence electrons. The number of alkyl carbamates (subject to hydrolysis) is 1. The van der Waals surface area contributed by atoms with Crippen LogP contribution >= 0.6 is 34.8 Å². The lowest BCUT2D eigenvalue weighted by atomic mass is 10.0. The lowest BCUT2D eigenvalue weighted by Gasteiger charge is -2.19. The fourth-order valence-electron chi connectivity index (χ4n) is 5.13. The Morgan fingerprint density at radius 3 is 2.11 bits per heavy atom. The number of nitrogens with one attached hydrogen (secondary N) is 4. The van der Waals surface area contributed by atoms with E-state index in [4.69, 9.17) is 49.0 Å². The van der Waals surface area contributed by atoms with Crippen LogP contribution in [0.25, 0.3) is 0 Å². The molecule has 0 aliphatic heterocycles. The van der Waals surface area contributed by atoms with Gasteiger partial charge in [-0.3, -0.25) is 14.4 Å². The van der Waals surface area contributed by atoms with E-state index in [2.05, 4.69) is 21.3 Å². The molecule has 4 amide bonds. The first kappa shape index (κ1) is 43.2. The summed E-state index contributed by atoms with van der Waals surface area (Å²) >= 11 is 19.2. The highest BCUT2D eigenvalue weighted by molar-refractivity contribution is 6.40. The average Bonchev–Trinajstić information content (AvgIpc) is 3.12. The van der Waals surface area contributed by atoms with Crippen molar-refractivity contribution in [2.45, 2.75) is 51.8 Å². The average molecular weight is 828 g/mol. The van der Waals surface area contributed by atoms with Crippen LogP contribution in [0.15, 0.2) is 78.9 Å². The molecule has 0 saturated heterocycles. The van der Waals surface area contributed by atoms with Gasteiger partial charge in [-0.15, -0.1) is 0 Å². The van der Waals surface area contributed by atoms with Gasteiger partial charge in [0.25, 0.3) is 17.7 Å². The molecular formula is C40H41Cl3N4O9. The summed E-state index contributed by atoms with van der Waals surface area (Å²) in [4.78, 5) is 63.5. The molecule has 0 heterocycles. The number of carbonyl (C=O) groups excluding carboxylic acids is 5. The normalized spacial score (nSPS) is 11.5. The van der Waals surface area contributed by atoms with Crippen LogP contribution in [0.1, 0.15) is 69.4 Å². The van der Waals surface area contributed by atoms with E-state index < -0.39 is 41.4 Å². The Morgan fingerprint density at radius 1 is 0.786 bits per heavy atom. The molecule has 0 spiro atoms. The highest BCUT2D eigenvalue weighted by Gasteiger charge is 2.25. The molecule has 16 heteroatoms. The monoisotopic (exact) mass is 826 g/mol. The Balaban J connectivity index is 1.31. The number of rotatable bonds is 15. The molecule has 0 unspecified atom stereocenters. The van der Waals surface area contributed by atoms with E-state index >= 15 is 0 Å². The van der Waals surface area contributed by atoms with Crippen LogP contribution in [0.4, 0.5) is 10.5 Å². The fourth-order valence-corrected chi connectivity index (χ4v) is 6.04. The van der Waals surface area contributed by atoms with Gasteiger partial charge in [0, 0.05) is 30.8 Å². The third-order valence-corrected chi connectivity index (χ3v) is 8.69. The van der Waals surface area contributed by atoms with Crippen molar-refractivity contribution in [2.24, 2.45) is 0 Å². The molecule has 0 aromatic heterocycles. The lowest BCUT2D eigenvalue weighted by Crippen LogP contribution is -2.43. The van der Waals surface area contributed by atoms with Crippen LogP contribution in [0.3, 0.4) is 0 Å². The van der Waals surface area contributed by atoms with Gasteiger partial charge in [-0.05, 0) is 92.9 Å². The number of benzene rings is 4. The van der Waals surface area contributed by atoms with E-state index in [1.54, 1.807) is 57.2 Å². The first-order valence-electron chi connectivity index (χ1n) is 17.3. The molecule has 0 aliphatic carbocycles. The van der Waals surface area contributed by atoms with Crippen molar-refractivity contribution in [1.82, 2.24) is 16.0 Å². The van der Waals surface area contributed by atoms with Crippen molar-refractivity contribution < 1.29 is 43.3 Å². The van der Waals surface area contributed by atoms with Gasteiger partial charge in [0.05, 0.1) is 39.9 Å². The summed E-state index contributed by atoms with van der Waals surface area (Å²) in [6.45, 7) is 6.04. The summed E-state index contributed by atoms with van der Waals surface area (Å²) < 4.78 is 15.8. The summed E-state index contributed by atoms with van der Waals surface area (Å²) in [7, 11) is 1.19. The van der Waals surface area contributed by atoms with Gasteiger partial charge < -0.3 is 40.6 Å². The van der Waals surface area contributed by atoms with E-state index in [9.17, 15) is 29.1 Å². The topological polar surface area (TPSA) is 181 Å². The van der Waals surface area contributed by atoms with Crippen molar-refractivity contribution in [3.8, 4) is 11.5 Å². The van der Waals surface area contributed by atoms with Crippen LogP contribution in [0.5, 0.6) is 11.5 Å². The molecule has 0 radical (unpaired) electrons. The van der Waals surface area contributed by atoms with Gasteiger partial charge >= 0.3 is 12.1 Å². The van der Waals surface area contributed by atoms with Crippen LogP contribution in [-0.4, -0.2) is 66.8 Å². The molecule has 0 saturated carbocycles. The van der Waals surface area contributed by atoms with Gasteiger partial charge in [-0.1, -0.05) is 59.1 Å². The van der Waals surface area contributed by atoms with E-state index in [1.165, 1.54) is 49.6 Å². The summed E-state index contributed by atoms with van der Waals surface area (Å²) in [6.07, 6.45) is -0.00872. The highest BCUT2D eigenvalue weighted by atomic mass is 35.5. The quantitative estimate of drug-likeness (QED) is 0.0605. The van der Waals surface area contributed by atoms with Crippen molar-refractivity contribution in [3.63, 3.8) is 0 Å². The minimum atomic E-state index is -1.10. The summed E-state index contributed by atoms with van der Waals surface area (Å²) in [6, 6.07) is 19.0. The molecular weight excluding hydrogens is 787 g/mol. The number of hydrogen-bond donors (Lipinski definition) is 5. The largest absolute Gasteiger partial charge is 0.508 e. The minimum Gasteiger partial charge on any atom is -0.508 e. The van der Waals surface area contributed by atoms with E-state index in [-0.39, 0.29) is 57.1 Å². The van der Waals surface area contributed by atoms with Gasteiger partial charge in [0.2, 0.25) is 0 Å². The number of carbonyl (C=O) groups is 5. The number of hydrogen-bond acceptors (Lipinski definition) is 9. The lowest BCUT2D eigenvalue weighted by molar-refractivity contribution is -0.142. The zero-order chi connectivity index (χ0) is 41.0. The van der Waals surface area contributed by atoms with Gasteiger partial charge in [-0.2, -0.15) is 0 Å². The second-order valence-corrected chi connectivity index (χ2v) is 14.6. The standard InChI is InChI=1S/C40H41Cl3N4O9/c1-40(2,3)56-39(53)44-15-6-16-55-28-20-31(42)34(32(43)21-28)37(51)46-26-12-9-23(10-13-26)18-33(38(52)54-4)47-36(50)29-14-11-25(19-30(29)41)35(49)45-22-24-7-5-8-27(48)17-24/h5,7-14,17,19-21,33,48H,6,15-16,18,22H2,1-4H3,(H,44,53)(H,45,49)(H,46,51)(H,47,50)/t33-/m0/s1. The summed E-state index contributed by atoms with van der Waals surface area (Å²) in [5.41, 5.74) is 1.39. The van der Waals surface area contributed by atoms with Crippen molar-refractivity contribution in [3.05, 3.63) is 122 Å². The maximum atomic E-state index is 13.2. The van der Waals surface area contributed by atoms with Crippen LogP contribution < -0.4 is 26.0 Å². The van der Waals surface area contributed by atoms with Gasteiger partial charge in [0.1, 0.15) is 23.1 Å². The molecule has 4 aromatic carbocycles. The first-order valence-corrected chi connectivity index (χ1v) is 18.4. The number of halogens is 3. The molecule has 4 aromatic rings. The molecule has 4 rings (SSSR count). The second kappa shape index (κ2) is 19.9. The molecule has 13 nitrogen and oxygen atoms in total. The van der Waals surface area contributed by atoms with Crippen molar-refractivity contribution in [1.29, 1.82) is 0 Å². The maximum Gasteiger partial charge on any atom is 0.407 e. The third-order valence-electron chi connectivity index (χ3n) is 7.78. The van der Waals surface area contributed by atoms with E-state index in [0.717, 1.165) is 0 Å². The SMILES string of the molecule is COC(=O)[C@H](Cc1ccc(NC(=O)c2c(Cl)cc(OCCCNC(=O)OC(C)(C)C)cc2Cl)cc1)NC(=O)c1ccc(C(=O)NCc2cccc(O)c2)cc1Cl. The van der Waals surface area contributed by atoms with E-state index in [1.807, 2.05) is 0 Å². The smallest absolute Gasteiger partial charge is 0.407 e. The van der Waals surface area contributed by atoms with Crippen LogP contribution in [0.2, 0.25) is 15.1 Å². The minimum absolute atomic E-state index is 0.0109. The number of phenols is 1.